The predicted molar refractivity (Wildman–Crippen MR) is 56.0 cm³/mol. The quantitative estimate of drug-likeness (QED) is 0.343. The molecule has 2 atom stereocenters. The Morgan fingerprint density at radius 1 is 1.67 bits per heavy atom. The molecule has 0 aromatic rings. The zero-order valence-corrected chi connectivity index (χ0v) is 8.87. The first-order valence-corrected chi connectivity index (χ1v) is 4.49. The van der Waals surface area contributed by atoms with Crippen LogP contribution in [0.1, 0.15) is 6.92 Å². The predicted octanol–water partition coefficient (Wildman–Crippen LogP) is -2.23. The van der Waals surface area contributed by atoms with E-state index in [1.165, 1.54) is 6.92 Å². The summed E-state index contributed by atoms with van der Waals surface area (Å²) in [6, 6.07) is -1.16. The van der Waals surface area contributed by atoms with E-state index in [1.807, 2.05) is 0 Å². The van der Waals surface area contributed by atoms with E-state index in [2.05, 4.69) is 22.9 Å². The van der Waals surface area contributed by atoms with Gasteiger partial charge < -0.3 is 26.6 Å². The zero-order valence-electron chi connectivity index (χ0n) is 8.06. The van der Waals surface area contributed by atoms with Crippen molar-refractivity contribution in [2.45, 2.75) is 19.1 Å². The maximum absolute atomic E-state index is 10.2. The number of amides is 1. The van der Waals surface area contributed by atoms with Gasteiger partial charge in [-0.25, -0.2) is 0 Å². The molecule has 2 unspecified atom stereocenters. The molecule has 0 bridgehead atoms. The van der Waals surface area contributed by atoms with Crippen molar-refractivity contribution in [2.24, 2.45) is 5.73 Å². The number of nitrogens with one attached hydrogen (secondary N) is 2. The third kappa shape index (κ3) is 5.94. The summed E-state index contributed by atoms with van der Waals surface area (Å²) in [6.07, 6.45) is -0.979. The molecule has 0 aromatic carbocycles. The third-order valence-electron chi connectivity index (χ3n) is 1.47. The summed E-state index contributed by atoms with van der Waals surface area (Å²) in [4.78, 5) is 20.0. The number of carbonyl (C=O) groups excluding carboxylic acids is 1. The minimum Gasteiger partial charge on any atom is -0.480 e. The fourth-order valence-corrected chi connectivity index (χ4v) is 0.768. The molecule has 6 N–H and O–H groups in total. The number of rotatable bonds is 2. The summed E-state index contributed by atoms with van der Waals surface area (Å²) < 4.78 is 0. The molecule has 1 saturated heterocycles. The second-order valence-corrected chi connectivity index (χ2v) is 3.24. The van der Waals surface area contributed by atoms with Crippen LogP contribution in [0.5, 0.6) is 0 Å². The SMILES string of the molecule is CC(O)C(N)C(=O)O.O=C1CNC(=S)N1. The maximum Gasteiger partial charge on any atom is 0.323 e. The number of carboxylic acid groups (broad SMARTS) is 1. The molecule has 8 heteroatoms. The van der Waals surface area contributed by atoms with Crippen LogP contribution in [0.4, 0.5) is 0 Å². The number of hydrogen-bond donors (Lipinski definition) is 5. The van der Waals surface area contributed by atoms with Crippen LogP contribution in [0.2, 0.25) is 0 Å². The van der Waals surface area contributed by atoms with Gasteiger partial charge in [0.15, 0.2) is 5.11 Å². The van der Waals surface area contributed by atoms with E-state index < -0.39 is 18.1 Å². The fourth-order valence-electron chi connectivity index (χ4n) is 0.582. The van der Waals surface area contributed by atoms with Crippen molar-refractivity contribution >= 4 is 29.2 Å². The Kier molecular flexibility index (Phi) is 5.75. The van der Waals surface area contributed by atoms with Crippen LogP contribution in [0.3, 0.4) is 0 Å². The van der Waals surface area contributed by atoms with E-state index in [0.29, 0.717) is 11.7 Å². The Balaban J connectivity index is 0.000000262. The van der Waals surface area contributed by atoms with Gasteiger partial charge in [-0.15, -0.1) is 0 Å². The van der Waals surface area contributed by atoms with Crippen molar-refractivity contribution in [3.05, 3.63) is 0 Å². The molecule has 0 spiro atoms. The number of carbonyl (C=O) groups is 2. The van der Waals surface area contributed by atoms with Crippen LogP contribution in [-0.2, 0) is 9.59 Å². The highest BCUT2D eigenvalue weighted by molar-refractivity contribution is 7.80. The van der Waals surface area contributed by atoms with Crippen molar-refractivity contribution < 1.29 is 19.8 Å². The zero-order chi connectivity index (χ0) is 12.0. The molecule has 7 nitrogen and oxygen atoms in total. The van der Waals surface area contributed by atoms with E-state index in [9.17, 15) is 9.59 Å². The number of thiocarbonyl (C=S) groups is 1. The Bertz CT molecular complexity index is 255. The first-order valence-electron chi connectivity index (χ1n) is 4.08. The normalized spacial score (nSPS) is 18.1. The third-order valence-corrected chi connectivity index (χ3v) is 1.71. The van der Waals surface area contributed by atoms with Gasteiger partial charge in [0.1, 0.15) is 6.04 Å². The largest absolute Gasteiger partial charge is 0.480 e. The molecule has 15 heavy (non-hydrogen) atoms. The summed E-state index contributed by atoms with van der Waals surface area (Å²) in [5.74, 6) is -1.23. The lowest BCUT2D eigenvalue weighted by molar-refractivity contribution is -0.140. The van der Waals surface area contributed by atoms with E-state index in [0.717, 1.165) is 0 Å². The number of aliphatic carboxylic acids is 1. The molecule has 1 rings (SSSR count). The minimum atomic E-state index is -1.18. The maximum atomic E-state index is 10.2. The Hall–Kier alpha value is -1.25. The van der Waals surface area contributed by atoms with Gasteiger partial charge in [0.05, 0.1) is 12.6 Å². The highest BCUT2D eigenvalue weighted by Gasteiger charge is 2.16. The molecule has 0 radical (unpaired) electrons. The first kappa shape index (κ1) is 13.8. The van der Waals surface area contributed by atoms with Gasteiger partial charge in [-0.05, 0) is 19.1 Å². The number of nitrogens with two attached hydrogens (primary N) is 1. The summed E-state index contributed by atoms with van der Waals surface area (Å²) >= 11 is 4.55. The molecular weight excluding hydrogens is 222 g/mol. The topological polar surface area (TPSA) is 125 Å². The highest BCUT2D eigenvalue weighted by atomic mass is 32.1. The lowest BCUT2D eigenvalue weighted by Crippen LogP contribution is -2.39. The van der Waals surface area contributed by atoms with Gasteiger partial charge in [0, 0.05) is 0 Å². The number of aliphatic hydroxyl groups excluding tert-OH is 1. The Labute approximate surface area is 91.6 Å². The standard InChI is InChI=1S/C4H9NO3.C3H4N2OS/c1-2(6)3(5)4(7)8;6-2-1-4-3(7)5-2/h2-3,6H,5H2,1H3,(H,7,8);1H2,(H2,4,5,6,7). The van der Waals surface area contributed by atoms with E-state index in [-0.39, 0.29) is 5.91 Å². The van der Waals surface area contributed by atoms with Crippen molar-refractivity contribution in [1.29, 1.82) is 0 Å². The average molecular weight is 235 g/mol. The van der Waals surface area contributed by atoms with Crippen LogP contribution >= 0.6 is 12.2 Å². The van der Waals surface area contributed by atoms with Crippen LogP contribution < -0.4 is 16.4 Å². The van der Waals surface area contributed by atoms with E-state index in [1.54, 1.807) is 0 Å². The van der Waals surface area contributed by atoms with Crippen molar-refractivity contribution in [3.8, 4) is 0 Å². The molecule has 1 amide bonds. The second kappa shape index (κ2) is 6.27. The average Bonchev–Trinajstić information content (AvgIpc) is 2.49. The molecule has 1 heterocycles. The van der Waals surface area contributed by atoms with Gasteiger partial charge in [-0.3, -0.25) is 9.59 Å². The lowest BCUT2D eigenvalue weighted by atomic mass is 10.2. The summed E-state index contributed by atoms with van der Waals surface area (Å²) in [7, 11) is 0. The molecular formula is C7H13N3O4S. The Morgan fingerprint density at radius 2 is 2.20 bits per heavy atom. The first-order chi connectivity index (χ1) is 6.84. The summed E-state index contributed by atoms with van der Waals surface area (Å²) in [5, 5.41) is 22.0. The van der Waals surface area contributed by atoms with Crippen LogP contribution in [0, 0.1) is 0 Å². The number of aliphatic hydroxyl groups is 1. The summed E-state index contributed by atoms with van der Waals surface area (Å²) in [5.41, 5.74) is 4.91. The molecule has 0 saturated carbocycles. The fraction of sp³-hybridized carbons (Fsp3) is 0.571. The van der Waals surface area contributed by atoms with E-state index >= 15 is 0 Å². The minimum absolute atomic E-state index is 0.0509. The van der Waals surface area contributed by atoms with Crippen LogP contribution in [0.25, 0.3) is 0 Å². The van der Waals surface area contributed by atoms with Gasteiger partial charge in [0.25, 0.3) is 0 Å². The molecule has 0 aromatic heterocycles. The van der Waals surface area contributed by atoms with Crippen molar-refractivity contribution in [3.63, 3.8) is 0 Å². The molecule has 1 aliphatic rings. The monoisotopic (exact) mass is 235 g/mol. The second-order valence-electron chi connectivity index (χ2n) is 2.84. The van der Waals surface area contributed by atoms with E-state index in [4.69, 9.17) is 15.9 Å². The molecule has 1 aliphatic heterocycles. The van der Waals surface area contributed by atoms with Crippen molar-refractivity contribution in [2.75, 3.05) is 6.54 Å². The van der Waals surface area contributed by atoms with Gasteiger partial charge >= 0.3 is 5.97 Å². The highest BCUT2D eigenvalue weighted by Crippen LogP contribution is 1.85. The number of carboxylic acids is 1. The Morgan fingerprint density at radius 3 is 2.27 bits per heavy atom. The van der Waals surface area contributed by atoms with Gasteiger partial charge in [0.2, 0.25) is 5.91 Å². The van der Waals surface area contributed by atoms with Gasteiger partial charge in [-0.1, -0.05) is 0 Å². The van der Waals surface area contributed by atoms with Gasteiger partial charge in [-0.2, -0.15) is 0 Å². The molecule has 1 fully saturated rings. The summed E-state index contributed by atoms with van der Waals surface area (Å²) in [6.45, 7) is 1.66. The van der Waals surface area contributed by atoms with Crippen LogP contribution in [0.15, 0.2) is 0 Å². The lowest BCUT2D eigenvalue weighted by Gasteiger charge is -2.06. The van der Waals surface area contributed by atoms with Crippen molar-refractivity contribution in [1.82, 2.24) is 10.6 Å². The smallest absolute Gasteiger partial charge is 0.323 e. The molecule has 86 valence electrons. The number of hydrogen-bond acceptors (Lipinski definition) is 5. The molecule has 0 aliphatic carbocycles. The van der Waals surface area contributed by atoms with Crippen LogP contribution in [-0.4, -0.2) is 45.9 Å².